The van der Waals surface area contributed by atoms with Crippen molar-refractivity contribution >= 4 is 17.6 Å². The molecule has 0 unspecified atom stereocenters. The molecule has 11 heteroatoms. The molecule has 35 heavy (non-hydrogen) atoms. The molecule has 2 fully saturated rings. The first-order chi connectivity index (χ1) is 16.7. The molecule has 0 bridgehead atoms. The summed E-state index contributed by atoms with van der Waals surface area (Å²) in [5.41, 5.74) is 0.597. The summed E-state index contributed by atoms with van der Waals surface area (Å²) in [4.78, 5) is 27.5. The number of halogens is 3. The number of morpholine rings is 1. The predicted octanol–water partition coefficient (Wildman–Crippen LogP) is 3.88. The van der Waals surface area contributed by atoms with Gasteiger partial charge in [-0.25, -0.2) is 4.79 Å². The second-order valence-electron chi connectivity index (χ2n) is 9.20. The molecule has 0 spiro atoms. The van der Waals surface area contributed by atoms with Crippen molar-refractivity contribution in [2.75, 3.05) is 38.2 Å². The molecule has 3 amide bonds. The lowest BCUT2D eigenvalue weighted by Gasteiger charge is -2.31. The number of amides is 3. The number of carbonyl (C=O) groups is 2. The number of nitrogens with zero attached hydrogens (tertiary/aromatic N) is 1. The van der Waals surface area contributed by atoms with Crippen LogP contribution in [0.25, 0.3) is 0 Å². The minimum Gasteiger partial charge on any atom is -0.406 e. The average Bonchev–Trinajstić information content (AvgIpc) is 2.83. The third-order valence-electron chi connectivity index (χ3n) is 6.30. The number of carbonyl (C=O) groups excluding carboxylic acids is 2. The fourth-order valence-electron chi connectivity index (χ4n) is 4.43. The van der Waals surface area contributed by atoms with Crippen LogP contribution in [0.5, 0.6) is 5.75 Å². The normalized spacial score (nSPS) is 18.9. The van der Waals surface area contributed by atoms with E-state index in [2.05, 4.69) is 20.7 Å². The third kappa shape index (κ3) is 9.46. The zero-order valence-corrected chi connectivity index (χ0v) is 20.0. The van der Waals surface area contributed by atoms with Crippen LogP contribution in [0.3, 0.4) is 0 Å². The molecule has 3 N–H and O–H groups in total. The first kappa shape index (κ1) is 26.9. The summed E-state index contributed by atoms with van der Waals surface area (Å²) >= 11 is 0. The molecule has 0 aromatic heterocycles. The number of rotatable bonds is 9. The van der Waals surface area contributed by atoms with Crippen LogP contribution in [-0.2, 0) is 9.53 Å². The van der Waals surface area contributed by atoms with Gasteiger partial charge in [-0.15, -0.1) is 13.2 Å². The lowest BCUT2D eigenvalue weighted by Crippen LogP contribution is -2.55. The molecule has 1 saturated carbocycles. The Hall–Kier alpha value is -2.69. The van der Waals surface area contributed by atoms with Crippen LogP contribution >= 0.6 is 0 Å². The zero-order valence-electron chi connectivity index (χ0n) is 20.0. The minimum absolute atomic E-state index is 0.236. The molecule has 2 atom stereocenters. The highest BCUT2D eigenvalue weighted by Gasteiger charge is 2.31. The van der Waals surface area contributed by atoms with E-state index in [-0.39, 0.29) is 23.7 Å². The summed E-state index contributed by atoms with van der Waals surface area (Å²) in [6, 6.07) is 4.24. The third-order valence-corrected chi connectivity index (χ3v) is 6.30. The van der Waals surface area contributed by atoms with Crippen molar-refractivity contribution in [3.8, 4) is 5.75 Å². The van der Waals surface area contributed by atoms with E-state index in [0.29, 0.717) is 50.9 Å². The van der Waals surface area contributed by atoms with Crippen molar-refractivity contribution in [1.29, 1.82) is 0 Å². The van der Waals surface area contributed by atoms with E-state index in [1.165, 1.54) is 30.7 Å². The molecular weight excluding hydrogens is 465 g/mol. The Kier molecular flexibility index (Phi) is 9.88. The Morgan fingerprint density at radius 2 is 1.74 bits per heavy atom. The Morgan fingerprint density at radius 1 is 1.09 bits per heavy atom. The largest absolute Gasteiger partial charge is 0.573 e. The molecule has 1 aliphatic carbocycles. The average molecular weight is 501 g/mol. The van der Waals surface area contributed by atoms with E-state index in [1.807, 2.05) is 6.92 Å². The first-order valence-corrected chi connectivity index (χ1v) is 12.2. The number of anilines is 1. The van der Waals surface area contributed by atoms with E-state index in [9.17, 15) is 22.8 Å². The molecule has 1 aliphatic heterocycles. The van der Waals surface area contributed by atoms with E-state index >= 15 is 0 Å². The number of nitrogens with one attached hydrogen (secondary N) is 3. The summed E-state index contributed by atoms with van der Waals surface area (Å²) in [6.07, 6.45) is 1.47. The Bertz CT molecular complexity index is 810. The van der Waals surface area contributed by atoms with E-state index < -0.39 is 12.4 Å². The molecule has 8 nitrogen and oxygen atoms in total. The lowest BCUT2D eigenvalue weighted by molar-refractivity contribution is -0.274. The van der Waals surface area contributed by atoms with Crippen LogP contribution in [0.2, 0.25) is 0 Å². The number of urea groups is 1. The smallest absolute Gasteiger partial charge is 0.406 e. The molecule has 3 rings (SSSR count). The Balaban J connectivity index is 1.52. The van der Waals surface area contributed by atoms with Crippen LogP contribution in [-0.4, -0.2) is 68.1 Å². The van der Waals surface area contributed by atoms with Gasteiger partial charge in [-0.2, -0.15) is 0 Å². The highest BCUT2D eigenvalue weighted by molar-refractivity contribution is 5.87. The van der Waals surface area contributed by atoms with Crippen LogP contribution < -0.4 is 20.7 Å². The van der Waals surface area contributed by atoms with Crippen LogP contribution in [0.15, 0.2) is 24.3 Å². The molecule has 1 heterocycles. The maximum atomic E-state index is 13.1. The van der Waals surface area contributed by atoms with E-state index in [1.54, 1.807) is 4.90 Å². The maximum Gasteiger partial charge on any atom is 0.573 e. The summed E-state index contributed by atoms with van der Waals surface area (Å²) in [7, 11) is 0. The monoisotopic (exact) mass is 500 g/mol. The number of benzene rings is 1. The fraction of sp³-hybridized carbons (Fsp3) is 0.667. The summed E-state index contributed by atoms with van der Waals surface area (Å²) in [5.74, 6) is -0.137. The highest BCUT2D eigenvalue weighted by atomic mass is 19.4. The summed E-state index contributed by atoms with van der Waals surface area (Å²) in [5, 5.41) is 8.98. The minimum atomic E-state index is -4.74. The van der Waals surface area contributed by atoms with Crippen molar-refractivity contribution in [2.24, 2.45) is 5.92 Å². The molecule has 2 aliphatic rings. The van der Waals surface area contributed by atoms with Crippen molar-refractivity contribution in [1.82, 2.24) is 15.5 Å². The molecule has 1 saturated heterocycles. The van der Waals surface area contributed by atoms with Gasteiger partial charge in [0.05, 0.1) is 13.2 Å². The molecule has 1 aromatic rings. The summed E-state index contributed by atoms with van der Waals surface area (Å²) in [6.45, 7) is 4.15. The van der Waals surface area contributed by atoms with E-state index in [4.69, 9.17) is 4.74 Å². The summed E-state index contributed by atoms with van der Waals surface area (Å²) < 4.78 is 46.1. The second kappa shape index (κ2) is 12.9. The highest BCUT2D eigenvalue weighted by Crippen LogP contribution is 2.28. The van der Waals surface area contributed by atoms with Crippen molar-refractivity contribution < 1.29 is 32.2 Å². The predicted molar refractivity (Wildman–Crippen MR) is 125 cm³/mol. The molecular formula is C24H35F3N4O4. The van der Waals surface area contributed by atoms with Gasteiger partial charge in [-0.1, -0.05) is 32.1 Å². The van der Waals surface area contributed by atoms with Crippen molar-refractivity contribution in [3.05, 3.63) is 24.3 Å². The SMILES string of the molecule is C[C@@H](CNc1ccc(OC(F)(F)F)cc1)NC(=O)[C@H](CC1CCCCC1)NC(=O)N1CCOCC1. The van der Waals surface area contributed by atoms with E-state index in [0.717, 1.165) is 25.7 Å². The standard InChI is InChI=1S/C24H35F3N4O4/c1-17(16-28-19-7-9-20(10-8-19)35-24(25,26)27)29-22(32)21(15-18-5-3-2-4-6-18)30-23(33)31-11-13-34-14-12-31/h7-10,17-18,21,28H,2-6,11-16H2,1H3,(H,29,32)(H,30,33)/t17-,21-/m0/s1. The van der Waals surface area contributed by atoms with Gasteiger partial charge < -0.3 is 30.3 Å². The van der Waals surface area contributed by atoms with Gasteiger partial charge in [0.2, 0.25) is 5.91 Å². The lowest BCUT2D eigenvalue weighted by atomic mass is 9.84. The van der Waals surface area contributed by atoms with Crippen molar-refractivity contribution in [3.63, 3.8) is 0 Å². The Labute approximate surface area is 203 Å². The fourth-order valence-corrected chi connectivity index (χ4v) is 4.43. The Morgan fingerprint density at radius 3 is 2.37 bits per heavy atom. The van der Waals surface area contributed by atoms with Crippen LogP contribution in [0, 0.1) is 5.92 Å². The van der Waals surface area contributed by atoms with Crippen LogP contribution in [0.4, 0.5) is 23.7 Å². The van der Waals surface area contributed by atoms with Crippen molar-refractivity contribution in [2.45, 2.75) is 63.9 Å². The van der Waals surface area contributed by atoms with Gasteiger partial charge in [0, 0.05) is 31.4 Å². The number of ether oxygens (including phenoxy) is 2. The maximum absolute atomic E-state index is 13.1. The van der Waals surface area contributed by atoms with Gasteiger partial charge in [0.15, 0.2) is 0 Å². The molecule has 1 aromatic carbocycles. The topological polar surface area (TPSA) is 91.9 Å². The van der Waals surface area contributed by atoms with Crippen LogP contribution in [0.1, 0.15) is 45.4 Å². The van der Waals surface area contributed by atoms with Gasteiger partial charge in [-0.3, -0.25) is 4.79 Å². The number of hydrogen-bond acceptors (Lipinski definition) is 5. The van der Waals surface area contributed by atoms with Gasteiger partial charge in [0.25, 0.3) is 0 Å². The second-order valence-corrected chi connectivity index (χ2v) is 9.20. The van der Waals surface area contributed by atoms with Gasteiger partial charge in [-0.05, 0) is 43.5 Å². The van der Waals surface area contributed by atoms with Gasteiger partial charge >= 0.3 is 12.4 Å². The quantitative estimate of drug-likeness (QED) is 0.479. The number of hydrogen-bond donors (Lipinski definition) is 3. The number of alkyl halides is 3. The first-order valence-electron chi connectivity index (χ1n) is 12.2. The van der Waals surface area contributed by atoms with Gasteiger partial charge in [0.1, 0.15) is 11.8 Å². The zero-order chi connectivity index (χ0) is 25.3. The molecule has 0 radical (unpaired) electrons. The molecule has 196 valence electrons.